The monoisotopic (exact) mass is 733 g/mol. The van der Waals surface area contributed by atoms with Crippen LogP contribution in [0.3, 0.4) is 0 Å². The second-order valence-corrected chi connectivity index (χ2v) is 18.7. The van der Waals surface area contributed by atoms with Crippen LogP contribution < -0.4 is 10.9 Å². The Labute approximate surface area is 325 Å². The van der Waals surface area contributed by atoms with Crippen molar-refractivity contribution in [3.05, 3.63) is 48.5 Å². The Morgan fingerprint density at radius 3 is 1.13 bits per heavy atom. The Hall–Kier alpha value is -2.77. The number of aromatic nitrogens is 2. The molecule has 8 heteroatoms. The average molecular weight is 733 g/mol. The van der Waals surface area contributed by atoms with E-state index in [1.807, 2.05) is 0 Å². The number of fused-ring (bicyclic) bond motifs is 6. The van der Waals surface area contributed by atoms with Crippen LogP contribution in [-0.2, 0) is 31.7 Å². The molecule has 2 unspecified atom stereocenters. The largest absolute Gasteiger partial charge is 0.494 e. The zero-order valence-electron chi connectivity index (χ0n) is 35.5. The van der Waals surface area contributed by atoms with Crippen molar-refractivity contribution < 1.29 is 18.6 Å². The number of rotatable bonds is 14. The quantitative estimate of drug-likeness (QED) is 0.107. The third kappa shape index (κ3) is 6.86. The topological polar surface area (TPSA) is 46.8 Å². The van der Waals surface area contributed by atoms with Gasteiger partial charge in [-0.2, -0.15) is 0 Å². The maximum Gasteiger partial charge on any atom is 0.494 e. The Kier molecular flexibility index (Phi) is 10.7. The van der Waals surface area contributed by atoms with Crippen molar-refractivity contribution in [1.82, 2.24) is 9.13 Å². The highest BCUT2D eigenvalue weighted by molar-refractivity contribution is 6.63. The van der Waals surface area contributed by atoms with Crippen molar-refractivity contribution in [2.75, 3.05) is 0 Å². The van der Waals surface area contributed by atoms with E-state index in [2.05, 4.69) is 141 Å². The molecule has 0 N–H and O–H groups in total. The maximum absolute atomic E-state index is 6.59. The number of benzene rings is 3. The molecule has 2 aliphatic heterocycles. The van der Waals surface area contributed by atoms with Crippen molar-refractivity contribution in [2.45, 2.75) is 170 Å². The molecular formula is C46H66B2N2O4. The molecule has 290 valence electrons. The summed E-state index contributed by atoms with van der Waals surface area (Å²) in [6.45, 7) is 28.4. The first-order chi connectivity index (χ1) is 25.5. The van der Waals surface area contributed by atoms with E-state index in [4.69, 9.17) is 18.6 Å². The lowest BCUT2D eigenvalue weighted by atomic mass is 9.78. The first-order valence-electron chi connectivity index (χ1n) is 21.3. The van der Waals surface area contributed by atoms with E-state index in [9.17, 15) is 0 Å². The minimum atomic E-state index is -0.404. The summed E-state index contributed by atoms with van der Waals surface area (Å²) < 4.78 is 31.6. The van der Waals surface area contributed by atoms with Crippen LogP contribution in [0.25, 0.3) is 43.6 Å². The molecule has 0 amide bonds. The van der Waals surface area contributed by atoms with Gasteiger partial charge in [0.1, 0.15) is 0 Å². The summed E-state index contributed by atoms with van der Waals surface area (Å²) in [5, 5.41) is 5.16. The standard InChI is InChI=1S/C46H66B2N2O4/c1-13-17-19-31(15-3)29-49-39-23-21-33(47-51-43(5,6)44(7,8)52-47)25-35(39)37-28-42-38(27-41(37)49)36-26-34(48-53-45(9,10)46(11,12)54-48)22-24-40(36)50(42)30-32(16-4)20-18-14-2/h21-28,31-32H,13-20,29-30H2,1-12H3. The molecule has 7 rings (SSSR count). The molecule has 5 aromatic rings. The summed E-state index contributed by atoms with van der Waals surface area (Å²) in [6.07, 6.45) is 9.80. The van der Waals surface area contributed by atoms with Crippen LogP contribution in [0.15, 0.2) is 48.5 Å². The predicted molar refractivity (Wildman–Crippen MR) is 230 cm³/mol. The van der Waals surface area contributed by atoms with E-state index >= 15 is 0 Å². The minimum absolute atomic E-state index is 0.395. The highest BCUT2D eigenvalue weighted by atomic mass is 16.7. The molecule has 54 heavy (non-hydrogen) atoms. The zero-order valence-corrected chi connectivity index (χ0v) is 35.5. The first kappa shape index (κ1) is 39.5. The van der Waals surface area contributed by atoms with Gasteiger partial charge in [0.15, 0.2) is 0 Å². The molecule has 2 aliphatic rings. The van der Waals surface area contributed by atoms with Crippen LogP contribution in [0.4, 0.5) is 0 Å². The van der Waals surface area contributed by atoms with Gasteiger partial charge in [-0.05, 0) is 115 Å². The number of unbranched alkanes of at least 4 members (excludes halogenated alkanes) is 2. The lowest BCUT2D eigenvalue weighted by Gasteiger charge is -2.32. The van der Waals surface area contributed by atoms with Gasteiger partial charge in [-0.15, -0.1) is 0 Å². The van der Waals surface area contributed by atoms with Crippen molar-refractivity contribution in [3.8, 4) is 0 Å². The second-order valence-electron chi connectivity index (χ2n) is 18.7. The lowest BCUT2D eigenvalue weighted by molar-refractivity contribution is 0.00578. The van der Waals surface area contributed by atoms with Gasteiger partial charge in [-0.3, -0.25) is 0 Å². The van der Waals surface area contributed by atoms with E-state index in [-0.39, 0.29) is 0 Å². The Balaban J connectivity index is 1.46. The summed E-state index contributed by atoms with van der Waals surface area (Å²) >= 11 is 0. The fourth-order valence-corrected chi connectivity index (χ4v) is 8.72. The molecule has 2 fully saturated rings. The van der Waals surface area contributed by atoms with Crippen LogP contribution >= 0.6 is 0 Å². The van der Waals surface area contributed by atoms with Crippen LogP contribution in [0.5, 0.6) is 0 Å². The van der Waals surface area contributed by atoms with Crippen molar-refractivity contribution in [2.24, 2.45) is 11.8 Å². The van der Waals surface area contributed by atoms with E-state index in [0.29, 0.717) is 11.8 Å². The van der Waals surface area contributed by atoms with Crippen LogP contribution in [0, 0.1) is 11.8 Å². The van der Waals surface area contributed by atoms with E-state index in [0.717, 1.165) is 24.0 Å². The van der Waals surface area contributed by atoms with E-state index < -0.39 is 36.6 Å². The van der Waals surface area contributed by atoms with Gasteiger partial charge in [0, 0.05) is 56.7 Å². The van der Waals surface area contributed by atoms with E-state index in [1.54, 1.807) is 0 Å². The molecule has 0 radical (unpaired) electrons. The van der Waals surface area contributed by atoms with Crippen molar-refractivity contribution in [3.63, 3.8) is 0 Å². The molecule has 0 aliphatic carbocycles. The van der Waals surface area contributed by atoms with Crippen molar-refractivity contribution >= 4 is 68.8 Å². The van der Waals surface area contributed by atoms with Gasteiger partial charge in [0.2, 0.25) is 0 Å². The SMILES string of the molecule is CCCCC(CC)Cn1c2ccc(B3OC(C)(C)C(C)(C)O3)cc2c2cc3c(cc21)c1cc(B2OC(C)(C)C(C)(C)O2)ccc1n3CC(CC)CCCC. The summed E-state index contributed by atoms with van der Waals surface area (Å²) in [6, 6.07) is 18.8. The second kappa shape index (κ2) is 14.6. The maximum atomic E-state index is 6.59. The molecule has 2 aromatic heterocycles. The van der Waals surface area contributed by atoms with Gasteiger partial charge < -0.3 is 27.8 Å². The summed E-state index contributed by atoms with van der Waals surface area (Å²) in [7, 11) is -0.809. The molecule has 0 spiro atoms. The Morgan fingerprint density at radius 1 is 0.481 bits per heavy atom. The summed E-state index contributed by atoms with van der Waals surface area (Å²) in [5.41, 5.74) is 5.76. The number of nitrogens with zero attached hydrogens (tertiary/aromatic N) is 2. The molecule has 2 atom stereocenters. The summed E-state index contributed by atoms with van der Waals surface area (Å²) in [4.78, 5) is 0. The van der Waals surface area contributed by atoms with Crippen LogP contribution in [0.2, 0.25) is 0 Å². The highest BCUT2D eigenvalue weighted by Crippen LogP contribution is 2.41. The van der Waals surface area contributed by atoms with Gasteiger partial charge >= 0.3 is 14.2 Å². The highest BCUT2D eigenvalue weighted by Gasteiger charge is 2.53. The molecule has 6 nitrogen and oxygen atoms in total. The van der Waals surface area contributed by atoms with Gasteiger partial charge in [-0.1, -0.05) is 90.5 Å². The fraction of sp³-hybridized carbons (Fsp3) is 0.609. The number of hydrogen-bond acceptors (Lipinski definition) is 4. The normalized spacial score (nSPS) is 20.3. The van der Waals surface area contributed by atoms with Crippen LogP contribution in [0.1, 0.15) is 134 Å². The molecule has 0 saturated carbocycles. The van der Waals surface area contributed by atoms with E-state index in [1.165, 1.54) is 95.0 Å². The van der Waals surface area contributed by atoms with Gasteiger partial charge in [0.25, 0.3) is 0 Å². The number of hydrogen-bond donors (Lipinski definition) is 0. The average Bonchev–Trinajstić information content (AvgIpc) is 3.75. The van der Waals surface area contributed by atoms with Crippen LogP contribution in [-0.4, -0.2) is 45.8 Å². The van der Waals surface area contributed by atoms with Gasteiger partial charge in [0.05, 0.1) is 22.4 Å². The van der Waals surface area contributed by atoms with Crippen molar-refractivity contribution in [1.29, 1.82) is 0 Å². The molecular weight excluding hydrogens is 666 g/mol. The fourth-order valence-electron chi connectivity index (χ4n) is 8.72. The third-order valence-corrected chi connectivity index (χ3v) is 13.9. The first-order valence-corrected chi connectivity index (χ1v) is 21.3. The smallest absolute Gasteiger partial charge is 0.399 e. The Bertz CT molecular complexity index is 1960. The third-order valence-electron chi connectivity index (χ3n) is 13.9. The zero-order chi connectivity index (χ0) is 38.8. The lowest BCUT2D eigenvalue weighted by Crippen LogP contribution is -2.41. The molecule has 0 bridgehead atoms. The predicted octanol–water partition coefficient (Wildman–Crippen LogP) is 10.9. The molecule has 2 saturated heterocycles. The minimum Gasteiger partial charge on any atom is -0.399 e. The molecule has 3 aromatic carbocycles. The Morgan fingerprint density at radius 2 is 0.815 bits per heavy atom. The van der Waals surface area contributed by atoms with Gasteiger partial charge in [-0.25, -0.2) is 0 Å². The summed E-state index contributed by atoms with van der Waals surface area (Å²) in [5.74, 6) is 1.23. The molecule has 4 heterocycles.